The van der Waals surface area contributed by atoms with E-state index in [1.165, 1.54) is 32.1 Å². The van der Waals surface area contributed by atoms with Crippen molar-refractivity contribution in [1.29, 1.82) is 0 Å². The fraction of sp³-hybridized carbons (Fsp3) is 0.727. The maximum absolute atomic E-state index is 11.2. The smallest absolute Gasteiger partial charge is 0.320 e. The van der Waals surface area contributed by atoms with Gasteiger partial charge in [-0.3, -0.25) is 0 Å². The van der Waals surface area contributed by atoms with Crippen LogP contribution in [0, 0.1) is 5.21 Å². The van der Waals surface area contributed by atoms with Gasteiger partial charge >= 0.3 is 5.15 Å². The minimum Gasteiger partial charge on any atom is -0.605 e. The van der Waals surface area contributed by atoms with Crippen LogP contribution in [0.5, 0.6) is 0 Å². The van der Waals surface area contributed by atoms with E-state index < -0.39 is 0 Å². The average molecular weight is 282 g/mol. The molecule has 1 heterocycles. The molecular weight excluding hydrogens is 265 g/mol. The third-order valence-electron chi connectivity index (χ3n) is 2.54. The number of aryl methyl sites for hydroxylation is 1. The molecule has 2 nitrogen and oxygen atoms in total. The molecule has 0 bridgehead atoms. The topological polar surface area (TPSA) is 26.9 Å². The van der Waals surface area contributed by atoms with Crippen molar-refractivity contribution < 1.29 is 4.12 Å². The largest absolute Gasteiger partial charge is 0.605 e. The maximum Gasteiger partial charge on any atom is 0.320 e. The monoisotopic (exact) mass is 281 g/mol. The van der Waals surface area contributed by atoms with E-state index in [0.717, 1.165) is 29.3 Å². The quantitative estimate of drug-likeness (QED) is 0.408. The third-order valence-corrected chi connectivity index (χ3v) is 4.57. The Morgan fingerprint density at radius 1 is 1.12 bits per heavy atom. The molecule has 0 aliphatic heterocycles. The van der Waals surface area contributed by atoms with Crippen molar-refractivity contribution in [3.63, 3.8) is 0 Å². The van der Waals surface area contributed by atoms with E-state index in [9.17, 15) is 5.21 Å². The molecule has 5 heteroatoms. The molecule has 0 atom stereocenters. The fourth-order valence-electron chi connectivity index (χ4n) is 1.60. The van der Waals surface area contributed by atoms with E-state index in [1.807, 2.05) is 0 Å². The zero-order valence-electron chi connectivity index (χ0n) is 9.47. The third kappa shape index (κ3) is 4.11. The van der Waals surface area contributed by atoms with Crippen LogP contribution in [0.3, 0.4) is 0 Å². The van der Waals surface area contributed by atoms with Gasteiger partial charge in [0, 0.05) is 0 Å². The molecule has 0 spiro atoms. The normalized spacial score (nSPS) is 10.9. The van der Waals surface area contributed by atoms with Crippen LogP contribution in [0.25, 0.3) is 0 Å². The SMILES string of the molecule is CCCCCCCCc1s[n+]([O-])c(Cl)c1Cl. The van der Waals surface area contributed by atoms with Crippen molar-refractivity contribution in [2.24, 2.45) is 0 Å². The Bertz CT molecular complexity index is 328. The van der Waals surface area contributed by atoms with E-state index in [4.69, 9.17) is 23.2 Å². The van der Waals surface area contributed by atoms with Crippen LogP contribution >= 0.6 is 34.7 Å². The highest BCUT2D eigenvalue weighted by atomic mass is 35.5. The molecule has 0 saturated heterocycles. The van der Waals surface area contributed by atoms with Gasteiger partial charge < -0.3 is 5.21 Å². The van der Waals surface area contributed by atoms with Gasteiger partial charge in [-0.2, -0.15) is 0 Å². The summed E-state index contributed by atoms with van der Waals surface area (Å²) in [7, 11) is 0. The number of halogens is 2. The summed E-state index contributed by atoms with van der Waals surface area (Å²) in [4.78, 5) is 0.914. The first-order valence-electron chi connectivity index (χ1n) is 5.73. The fourth-order valence-corrected chi connectivity index (χ4v) is 2.98. The molecule has 1 aromatic rings. The van der Waals surface area contributed by atoms with Crippen LogP contribution in [-0.2, 0) is 6.42 Å². The molecule has 0 saturated carbocycles. The van der Waals surface area contributed by atoms with Gasteiger partial charge in [0.1, 0.15) is 5.02 Å². The number of nitrogens with zero attached hydrogens (tertiary/aromatic N) is 1. The number of hydrogen-bond acceptors (Lipinski definition) is 2. The first-order chi connectivity index (χ1) is 7.66. The van der Waals surface area contributed by atoms with Crippen molar-refractivity contribution in [3.8, 4) is 0 Å². The molecule has 16 heavy (non-hydrogen) atoms. The Morgan fingerprint density at radius 3 is 2.31 bits per heavy atom. The Morgan fingerprint density at radius 2 is 1.75 bits per heavy atom. The summed E-state index contributed by atoms with van der Waals surface area (Å²) in [5, 5.41) is 11.7. The number of unbranched alkanes of at least 4 members (excludes halogenated alkanes) is 5. The average Bonchev–Trinajstić information content (AvgIpc) is 2.51. The summed E-state index contributed by atoms with van der Waals surface area (Å²) in [6.07, 6.45) is 8.29. The predicted molar refractivity (Wildman–Crippen MR) is 70.4 cm³/mol. The summed E-state index contributed by atoms with van der Waals surface area (Å²) < 4.78 is 0.677. The molecule has 0 amide bonds. The zero-order chi connectivity index (χ0) is 12.0. The molecular formula is C11H17Cl2NOS. The lowest BCUT2D eigenvalue weighted by Gasteiger charge is -1.98. The van der Waals surface area contributed by atoms with Gasteiger partial charge in [-0.25, -0.2) is 0 Å². The highest BCUT2D eigenvalue weighted by molar-refractivity contribution is 7.02. The van der Waals surface area contributed by atoms with Crippen molar-refractivity contribution in [2.75, 3.05) is 0 Å². The standard InChI is InChI=1S/C11H17Cl2NOS/c1-2-3-4-5-6-7-8-9-10(12)11(13)14(15)16-9/h2-8H2,1H3. The van der Waals surface area contributed by atoms with Crippen molar-refractivity contribution in [2.45, 2.75) is 51.9 Å². The van der Waals surface area contributed by atoms with Gasteiger partial charge in [-0.15, -0.1) is 0 Å². The predicted octanol–water partition coefficient (Wildman–Crippen LogP) is 4.59. The Labute approximate surface area is 111 Å². The van der Waals surface area contributed by atoms with Crippen LogP contribution in [-0.4, -0.2) is 0 Å². The number of aromatic nitrogens is 1. The molecule has 0 N–H and O–H groups in total. The lowest BCUT2D eigenvalue weighted by molar-refractivity contribution is -0.527. The molecule has 1 rings (SSSR count). The lowest BCUT2D eigenvalue weighted by atomic mass is 10.1. The molecule has 1 aromatic heterocycles. The van der Waals surface area contributed by atoms with E-state index >= 15 is 0 Å². The Hall–Kier alpha value is 0.01000. The summed E-state index contributed by atoms with van der Waals surface area (Å²) in [6, 6.07) is 0. The van der Waals surface area contributed by atoms with Crippen molar-refractivity contribution in [3.05, 3.63) is 20.3 Å². The Balaban J connectivity index is 2.24. The second-order valence-corrected chi connectivity index (χ2v) is 5.64. The Kier molecular flexibility index (Phi) is 6.47. The highest BCUT2D eigenvalue weighted by Crippen LogP contribution is 2.28. The maximum atomic E-state index is 11.2. The second-order valence-electron chi connectivity index (χ2n) is 3.89. The van der Waals surface area contributed by atoms with E-state index in [0.29, 0.717) is 9.14 Å². The minimum absolute atomic E-state index is 0.118. The summed E-state index contributed by atoms with van der Waals surface area (Å²) in [6.45, 7) is 2.21. The van der Waals surface area contributed by atoms with E-state index in [2.05, 4.69) is 6.92 Å². The van der Waals surface area contributed by atoms with Gasteiger partial charge in [0.25, 0.3) is 0 Å². The van der Waals surface area contributed by atoms with Crippen LogP contribution < -0.4 is 4.12 Å². The van der Waals surface area contributed by atoms with Crippen LogP contribution in [0.15, 0.2) is 0 Å². The molecule has 0 radical (unpaired) electrons. The van der Waals surface area contributed by atoms with Crippen LogP contribution in [0.4, 0.5) is 0 Å². The zero-order valence-corrected chi connectivity index (χ0v) is 11.8. The van der Waals surface area contributed by atoms with Gasteiger partial charge in [-0.05, 0) is 24.4 Å². The summed E-state index contributed by atoms with van der Waals surface area (Å²) in [5.74, 6) is 0. The summed E-state index contributed by atoms with van der Waals surface area (Å²) >= 11 is 12.7. The van der Waals surface area contributed by atoms with Gasteiger partial charge in [-0.1, -0.05) is 54.7 Å². The van der Waals surface area contributed by atoms with Crippen molar-refractivity contribution in [1.82, 2.24) is 0 Å². The van der Waals surface area contributed by atoms with Gasteiger partial charge in [0.05, 0.1) is 4.88 Å². The molecule has 0 aliphatic rings. The van der Waals surface area contributed by atoms with Crippen molar-refractivity contribution >= 4 is 34.7 Å². The lowest BCUT2D eigenvalue weighted by Crippen LogP contribution is -2.19. The van der Waals surface area contributed by atoms with Crippen LogP contribution in [0.2, 0.25) is 10.2 Å². The molecule has 92 valence electrons. The van der Waals surface area contributed by atoms with Gasteiger partial charge in [0.2, 0.25) is 0 Å². The molecule has 0 fully saturated rings. The van der Waals surface area contributed by atoms with E-state index in [1.54, 1.807) is 0 Å². The number of rotatable bonds is 7. The van der Waals surface area contributed by atoms with Crippen LogP contribution in [0.1, 0.15) is 50.3 Å². The molecule has 0 aromatic carbocycles. The summed E-state index contributed by atoms with van der Waals surface area (Å²) in [5.41, 5.74) is 0. The van der Waals surface area contributed by atoms with Gasteiger partial charge in [0.15, 0.2) is 11.5 Å². The molecule has 0 unspecified atom stereocenters. The first-order valence-corrected chi connectivity index (χ1v) is 7.26. The first kappa shape index (κ1) is 14.1. The number of hydrogen-bond donors (Lipinski definition) is 0. The second kappa shape index (κ2) is 7.36. The minimum atomic E-state index is 0.118. The highest BCUT2D eigenvalue weighted by Gasteiger charge is 2.18. The van der Waals surface area contributed by atoms with E-state index in [-0.39, 0.29) is 5.15 Å². The molecule has 0 aliphatic carbocycles.